The van der Waals surface area contributed by atoms with Crippen LogP contribution in [0.2, 0.25) is 0 Å². The fourth-order valence-corrected chi connectivity index (χ4v) is 2.56. The largest absolute Gasteiger partial charge is 0.508 e. The van der Waals surface area contributed by atoms with Crippen molar-refractivity contribution < 1.29 is 5.11 Å². The van der Waals surface area contributed by atoms with Crippen molar-refractivity contribution in [1.82, 2.24) is 15.0 Å². The normalized spacial score (nSPS) is 10.3. The third-order valence-corrected chi connectivity index (χ3v) is 3.96. The summed E-state index contributed by atoms with van der Waals surface area (Å²) in [7, 11) is 0. The van der Waals surface area contributed by atoms with E-state index in [1.165, 1.54) is 0 Å². The van der Waals surface area contributed by atoms with Crippen molar-refractivity contribution >= 4 is 40.6 Å². The summed E-state index contributed by atoms with van der Waals surface area (Å²) in [5.74, 6) is 1.28. The van der Waals surface area contributed by atoms with E-state index in [9.17, 15) is 5.11 Å². The van der Waals surface area contributed by atoms with E-state index in [2.05, 4.69) is 30.9 Å². The number of benzene rings is 3. The van der Waals surface area contributed by atoms with Gasteiger partial charge in [0, 0.05) is 22.7 Å². The lowest BCUT2D eigenvalue weighted by Crippen LogP contribution is -2.07. The summed E-state index contributed by atoms with van der Waals surface area (Å²) in [4.78, 5) is 13.3. The van der Waals surface area contributed by atoms with Crippen molar-refractivity contribution in [1.29, 1.82) is 0 Å². The molecule has 144 valence electrons. The molecule has 0 amide bonds. The molecule has 0 radical (unpaired) electrons. The number of rotatable bonds is 6. The van der Waals surface area contributed by atoms with E-state index in [0.29, 0.717) is 23.5 Å². The first-order valence-corrected chi connectivity index (χ1v) is 8.91. The summed E-state index contributed by atoms with van der Waals surface area (Å²) in [6, 6.07) is 23.5. The quantitative estimate of drug-likeness (QED) is 0.245. The minimum atomic E-state index is 0.184. The SMILES string of the molecule is Nc1ccc(Nc2nc(Nc3ccccc3)nc(Nc3ccc(O)cc3)n2)cc1. The second-order valence-electron chi connectivity index (χ2n) is 6.22. The standard InChI is InChI=1S/C21H19N7O/c22-14-6-8-16(9-7-14)24-20-26-19(23-15-4-2-1-3-5-15)27-21(28-20)25-17-10-12-18(29)13-11-17/h1-13,29H,22H2,(H3,23,24,25,26,27,28). The molecule has 8 nitrogen and oxygen atoms in total. The van der Waals surface area contributed by atoms with Gasteiger partial charge in [-0.3, -0.25) is 0 Å². The van der Waals surface area contributed by atoms with Crippen LogP contribution in [-0.2, 0) is 0 Å². The molecule has 0 saturated carbocycles. The maximum atomic E-state index is 9.46. The molecule has 0 saturated heterocycles. The van der Waals surface area contributed by atoms with Crippen LogP contribution in [0.15, 0.2) is 78.9 Å². The highest BCUT2D eigenvalue weighted by Gasteiger charge is 2.08. The molecule has 0 aliphatic rings. The molecule has 1 aromatic heterocycles. The average molecular weight is 385 g/mol. The smallest absolute Gasteiger partial charge is 0.233 e. The molecule has 0 atom stereocenters. The van der Waals surface area contributed by atoms with Gasteiger partial charge in [-0.05, 0) is 60.7 Å². The Kier molecular flexibility index (Phi) is 5.06. The Morgan fingerprint density at radius 2 is 0.966 bits per heavy atom. The number of phenolic OH excluding ortho intramolecular Hbond substituents is 1. The Labute approximate surface area is 167 Å². The van der Waals surface area contributed by atoms with Gasteiger partial charge in [-0.15, -0.1) is 0 Å². The Bertz CT molecular complexity index is 1020. The van der Waals surface area contributed by atoms with Crippen LogP contribution in [0.4, 0.5) is 40.6 Å². The molecule has 0 fully saturated rings. The van der Waals surface area contributed by atoms with Crippen LogP contribution in [-0.4, -0.2) is 20.1 Å². The van der Waals surface area contributed by atoms with Gasteiger partial charge in [-0.1, -0.05) is 18.2 Å². The first-order valence-electron chi connectivity index (χ1n) is 8.91. The number of hydrogen-bond acceptors (Lipinski definition) is 8. The summed E-state index contributed by atoms with van der Waals surface area (Å²) >= 11 is 0. The number of anilines is 7. The Morgan fingerprint density at radius 3 is 1.45 bits per heavy atom. The summed E-state index contributed by atoms with van der Waals surface area (Å²) < 4.78 is 0. The monoisotopic (exact) mass is 385 g/mol. The van der Waals surface area contributed by atoms with Crippen molar-refractivity contribution in [3.8, 4) is 5.75 Å². The summed E-state index contributed by atoms with van der Waals surface area (Å²) in [5.41, 5.74) is 8.80. The predicted molar refractivity (Wildman–Crippen MR) is 115 cm³/mol. The van der Waals surface area contributed by atoms with Gasteiger partial charge in [0.05, 0.1) is 0 Å². The minimum Gasteiger partial charge on any atom is -0.508 e. The zero-order chi connectivity index (χ0) is 20.1. The molecular weight excluding hydrogens is 366 g/mol. The van der Waals surface area contributed by atoms with E-state index in [1.807, 2.05) is 42.5 Å². The van der Waals surface area contributed by atoms with E-state index in [1.54, 1.807) is 36.4 Å². The van der Waals surface area contributed by atoms with Crippen LogP contribution in [0.3, 0.4) is 0 Å². The Morgan fingerprint density at radius 1 is 0.552 bits per heavy atom. The number of aromatic nitrogens is 3. The Hall–Kier alpha value is -4.33. The highest BCUT2D eigenvalue weighted by Crippen LogP contribution is 2.22. The molecule has 29 heavy (non-hydrogen) atoms. The van der Waals surface area contributed by atoms with Crippen LogP contribution >= 0.6 is 0 Å². The van der Waals surface area contributed by atoms with Crippen molar-refractivity contribution in [3.05, 3.63) is 78.9 Å². The highest BCUT2D eigenvalue weighted by atomic mass is 16.3. The van der Waals surface area contributed by atoms with Crippen molar-refractivity contribution in [3.63, 3.8) is 0 Å². The molecule has 4 rings (SSSR count). The predicted octanol–water partition coefficient (Wildman–Crippen LogP) is 4.39. The second kappa shape index (κ2) is 8.13. The van der Waals surface area contributed by atoms with Gasteiger partial charge in [-0.25, -0.2) is 0 Å². The highest BCUT2D eigenvalue weighted by molar-refractivity contribution is 5.63. The molecule has 0 unspecified atom stereocenters. The van der Waals surface area contributed by atoms with E-state index < -0.39 is 0 Å². The molecule has 6 N–H and O–H groups in total. The number of nitrogens with zero attached hydrogens (tertiary/aromatic N) is 3. The van der Waals surface area contributed by atoms with Crippen LogP contribution < -0.4 is 21.7 Å². The lowest BCUT2D eigenvalue weighted by atomic mass is 10.3. The van der Waals surface area contributed by atoms with Gasteiger partial charge in [0.15, 0.2) is 0 Å². The lowest BCUT2D eigenvalue weighted by molar-refractivity contribution is 0.475. The van der Waals surface area contributed by atoms with Gasteiger partial charge in [0.1, 0.15) is 5.75 Å². The van der Waals surface area contributed by atoms with Gasteiger partial charge in [0.25, 0.3) is 0 Å². The zero-order valence-corrected chi connectivity index (χ0v) is 15.4. The molecule has 1 heterocycles. The van der Waals surface area contributed by atoms with Crippen LogP contribution in [0.1, 0.15) is 0 Å². The average Bonchev–Trinajstić information content (AvgIpc) is 2.72. The molecular formula is C21H19N7O. The van der Waals surface area contributed by atoms with E-state index >= 15 is 0 Å². The number of nitrogens with two attached hydrogens (primary N) is 1. The second-order valence-corrected chi connectivity index (χ2v) is 6.22. The maximum absolute atomic E-state index is 9.46. The van der Waals surface area contributed by atoms with Crippen molar-refractivity contribution in [2.75, 3.05) is 21.7 Å². The van der Waals surface area contributed by atoms with Crippen LogP contribution in [0, 0.1) is 0 Å². The van der Waals surface area contributed by atoms with E-state index in [4.69, 9.17) is 5.73 Å². The molecule has 0 aliphatic heterocycles. The molecule has 0 spiro atoms. The van der Waals surface area contributed by atoms with Crippen molar-refractivity contribution in [2.45, 2.75) is 0 Å². The number of aromatic hydroxyl groups is 1. The summed E-state index contributed by atoms with van der Waals surface area (Å²) in [6.45, 7) is 0. The van der Waals surface area contributed by atoms with Gasteiger partial charge in [-0.2, -0.15) is 15.0 Å². The maximum Gasteiger partial charge on any atom is 0.233 e. The number of para-hydroxylation sites is 1. The van der Waals surface area contributed by atoms with E-state index in [-0.39, 0.29) is 5.75 Å². The van der Waals surface area contributed by atoms with Crippen molar-refractivity contribution in [2.24, 2.45) is 0 Å². The molecule has 8 heteroatoms. The first kappa shape index (κ1) is 18.1. The summed E-state index contributed by atoms with van der Waals surface area (Å²) in [5, 5.41) is 18.9. The topological polar surface area (TPSA) is 121 Å². The number of phenols is 1. The molecule has 3 aromatic carbocycles. The number of hydrogen-bond donors (Lipinski definition) is 5. The zero-order valence-electron chi connectivity index (χ0n) is 15.4. The first-order chi connectivity index (χ1) is 14.1. The number of nitrogens with one attached hydrogen (secondary N) is 3. The molecule has 4 aromatic rings. The Balaban J connectivity index is 1.64. The lowest BCUT2D eigenvalue weighted by Gasteiger charge is -2.11. The summed E-state index contributed by atoms with van der Waals surface area (Å²) in [6.07, 6.45) is 0. The van der Waals surface area contributed by atoms with Crippen LogP contribution in [0.25, 0.3) is 0 Å². The third kappa shape index (κ3) is 4.89. The molecule has 0 aliphatic carbocycles. The van der Waals surface area contributed by atoms with Gasteiger partial charge >= 0.3 is 0 Å². The fraction of sp³-hybridized carbons (Fsp3) is 0. The number of nitrogen functional groups attached to an aromatic ring is 1. The van der Waals surface area contributed by atoms with Gasteiger partial charge in [0.2, 0.25) is 17.8 Å². The fourth-order valence-electron chi connectivity index (χ4n) is 2.56. The third-order valence-electron chi connectivity index (χ3n) is 3.96. The van der Waals surface area contributed by atoms with Crippen LogP contribution in [0.5, 0.6) is 5.75 Å². The van der Waals surface area contributed by atoms with E-state index in [0.717, 1.165) is 17.1 Å². The van der Waals surface area contributed by atoms with Gasteiger partial charge < -0.3 is 26.8 Å². The minimum absolute atomic E-state index is 0.184. The molecule has 0 bridgehead atoms.